The molecule has 1 aliphatic carbocycles. The Morgan fingerprint density at radius 3 is 2.81 bits per heavy atom. The van der Waals surface area contributed by atoms with Crippen LogP contribution in [0.5, 0.6) is 0 Å². The minimum Gasteiger partial charge on any atom is -0.370 e. The lowest BCUT2D eigenvalue weighted by Crippen LogP contribution is -2.41. The molecule has 6 nitrogen and oxygen atoms in total. The molecule has 1 saturated carbocycles. The lowest BCUT2D eigenvalue weighted by molar-refractivity contribution is 0.412. The summed E-state index contributed by atoms with van der Waals surface area (Å²) in [7, 11) is -3.40. The van der Waals surface area contributed by atoms with Gasteiger partial charge in [0, 0.05) is 12.6 Å². The maximum atomic E-state index is 11.9. The number of nitrogens with zero attached hydrogens (tertiary/aromatic N) is 1. The molecule has 1 aliphatic rings. The molecule has 1 fully saturated rings. The molecular weight excluding hydrogens is 308 g/mol. The Bertz CT molecular complexity index is 549. The van der Waals surface area contributed by atoms with Crippen molar-refractivity contribution in [2.45, 2.75) is 42.4 Å². The van der Waals surface area contributed by atoms with Crippen LogP contribution in [-0.2, 0) is 10.0 Å². The molecule has 4 N–H and O–H groups in total. The molecule has 1 aromatic rings. The molecule has 0 atom stereocenters. The van der Waals surface area contributed by atoms with Gasteiger partial charge in [0.1, 0.15) is 4.21 Å². The molecule has 118 valence electrons. The number of hydrogen-bond donors (Lipinski definition) is 3. The number of hydrogen-bond acceptors (Lipinski definition) is 4. The summed E-state index contributed by atoms with van der Waals surface area (Å²) >= 11 is 1.19. The summed E-state index contributed by atoms with van der Waals surface area (Å²) in [5.41, 5.74) is 5.81. The van der Waals surface area contributed by atoms with Gasteiger partial charge in [0.05, 0.1) is 6.54 Å². The van der Waals surface area contributed by atoms with Gasteiger partial charge in [-0.25, -0.2) is 13.1 Å². The van der Waals surface area contributed by atoms with E-state index in [-0.39, 0.29) is 6.54 Å². The van der Waals surface area contributed by atoms with E-state index in [1.807, 2.05) is 0 Å². The fourth-order valence-corrected chi connectivity index (χ4v) is 4.40. The van der Waals surface area contributed by atoms with E-state index in [1.54, 1.807) is 17.5 Å². The Labute approximate surface area is 129 Å². The molecule has 0 aromatic carbocycles. The van der Waals surface area contributed by atoms with E-state index in [0.717, 1.165) is 12.8 Å². The zero-order chi connectivity index (χ0) is 15.1. The number of thiophene rings is 1. The number of sulfonamides is 1. The van der Waals surface area contributed by atoms with Gasteiger partial charge < -0.3 is 11.1 Å². The summed E-state index contributed by atoms with van der Waals surface area (Å²) < 4.78 is 26.5. The SMILES string of the molecule is NC(=NCCNS(=O)(=O)c1cccs1)NC1CCCCC1. The third-order valence-electron chi connectivity index (χ3n) is 3.40. The topological polar surface area (TPSA) is 96.6 Å². The Hall–Kier alpha value is -1.12. The Morgan fingerprint density at radius 1 is 1.38 bits per heavy atom. The molecule has 2 rings (SSSR count). The molecule has 0 spiro atoms. The van der Waals surface area contributed by atoms with Crippen LogP contribution in [0.15, 0.2) is 26.7 Å². The van der Waals surface area contributed by atoms with Crippen molar-refractivity contribution in [1.29, 1.82) is 0 Å². The van der Waals surface area contributed by atoms with E-state index in [1.165, 1.54) is 30.6 Å². The third kappa shape index (κ3) is 5.29. The first-order valence-electron chi connectivity index (χ1n) is 7.17. The maximum absolute atomic E-state index is 11.9. The van der Waals surface area contributed by atoms with Crippen LogP contribution < -0.4 is 15.8 Å². The minimum absolute atomic E-state index is 0.243. The fourth-order valence-electron chi connectivity index (χ4n) is 2.35. The Balaban J connectivity index is 1.72. The van der Waals surface area contributed by atoms with Crippen LogP contribution in [0.25, 0.3) is 0 Å². The highest BCUT2D eigenvalue weighted by atomic mass is 32.2. The largest absolute Gasteiger partial charge is 0.370 e. The molecule has 0 unspecified atom stereocenters. The van der Waals surface area contributed by atoms with Crippen LogP contribution in [0.2, 0.25) is 0 Å². The summed E-state index contributed by atoms with van der Waals surface area (Å²) in [6.45, 7) is 0.573. The first kappa shape index (κ1) is 16.3. The van der Waals surface area contributed by atoms with Crippen molar-refractivity contribution in [3.63, 3.8) is 0 Å². The summed E-state index contributed by atoms with van der Waals surface area (Å²) in [6, 6.07) is 3.70. The zero-order valence-corrected chi connectivity index (χ0v) is 13.5. The standard InChI is InChI=1S/C13H22N4O2S2/c14-13(17-11-5-2-1-3-6-11)15-8-9-16-21(18,19)12-7-4-10-20-12/h4,7,10-11,16H,1-3,5-6,8-9H2,(H3,14,15,17). The van der Waals surface area contributed by atoms with Crippen LogP contribution >= 0.6 is 11.3 Å². The van der Waals surface area contributed by atoms with Crippen molar-refractivity contribution in [3.8, 4) is 0 Å². The molecule has 0 bridgehead atoms. The average molecular weight is 330 g/mol. The van der Waals surface area contributed by atoms with Gasteiger partial charge in [-0.1, -0.05) is 25.3 Å². The van der Waals surface area contributed by atoms with Crippen LogP contribution in [0.3, 0.4) is 0 Å². The lowest BCUT2D eigenvalue weighted by atomic mass is 9.96. The van der Waals surface area contributed by atoms with E-state index >= 15 is 0 Å². The number of aliphatic imine (C=N–C) groups is 1. The second-order valence-electron chi connectivity index (χ2n) is 5.08. The van der Waals surface area contributed by atoms with E-state index < -0.39 is 10.0 Å². The van der Waals surface area contributed by atoms with E-state index in [9.17, 15) is 8.42 Å². The highest BCUT2D eigenvalue weighted by molar-refractivity contribution is 7.91. The highest BCUT2D eigenvalue weighted by Gasteiger charge is 2.14. The smallest absolute Gasteiger partial charge is 0.250 e. The molecule has 0 saturated heterocycles. The average Bonchev–Trinajstić information content (AvgIpc) is 3.00. The predicted octanol–water partition coefficient (Wildman–Crippen LogP) is 1.26. The summed E-state index contributed by atoms with van der Waals surface area (Å²) in [4.78, 5) is 4.16. The molecular formula is C13H22N4O2S2. The van der Waals surface area contributed by atoms with Crippen molar-refractivity contribution in [2.24, 2.45) is 10.7 Å². The summed E-state index contributed by atoms with van der Waals surface area (Å²) in [5, 5.41) is 4.93. The van der Waals surface area contributed by atoms with Gasteiger partial charge in [-0.15, -0.1) is 11.3 Å². The first-order chi connectivity index (χ1) is 10.1. The molecule has 8 heteroatoms. The van der Waals surface area contributed by atoms with Gasteiger partial charge in [-0.05, 0) is 24.3 Å². The third-order valence-corrected chi connectivity index (χ3v) is 6.26. The quantitative estimate of drug-likeness (QED) is 0.416. The zero-order valence-electron chi connectivity index (χ0n) is 11.9. The monoisotopic (exact) mass is 330 g/mol. The number of rotatable bonds is 6. The van der Waals surface area contributed by atoms with Crippen LogP contribution in [0, 0.1) is 0 Å². The van der Waals surface area contributed by atoms with Gasteiger partial charge >= 0.3 is 0 Å². The van der Waals surface area contributed by atoms with Crippen molar-refractivity contribution in [2.75, 3.05) is 13.1 Å². The van der Waals surface area contributed by atoms with Crippen molar-refractivity contribution < 1.29 is 8.42 Å². The molecule has 1 heterocycles. The molecule has 21 heavy (non-hydrogen) atoms. The van der Waals surface area contributed by atoms with Gasteiger partial charge in [0.15, 0.2) is 5.96 Å². The van der Waals surface area contributed by atoms with Gasteiger partial charge in [0.2, 0.25) is 10.0 Å². The van der Waals surface area contributed by atoms with E-state index in [4.69, 9.17) is 5.73 Å². The summed E-state index contributed by atoms with van der Waals surface area (Å²) in [6.07, 6.45) is 6.00. The first-order valence-corrected chi connectivity index (χ1v) is 9.54. The Kier molecular flexibility index (Phi) is 6.01. The van der Waals surface area contributed by atoms with Gasteiger partial charge in [-0.2, -0.15) is 0 Å². The van der Waals surface area contributed by atoms with Gasteiger partial charge in [0.25, 0.3) is 0 Å². The van der Waals surface area contributed by atoms with Gasteiger partial charge in [-0.3, -0.25) is 4.99 Å². The molecule has 1 aromatic heterocycles. The van der Waals surface area contributed by atoms with Crippen LogP contribution in [-0.4, -0.2) is 33.5 Å². The molecule has 0 radical (unpaired) electrons. The number of guanidine groups is 1. The lowest BCUT2D eigenvalue weighted by Gasteiger charge is -2.23. The van der Waals surface area contributed by atoms with E-state index in [2.05, 4.69) is 15.0 Å². The maximum Gasteiger partial charge on any atom is 0.250 e. The van der Waals surface area contributed by atoms with Crippen molar-refractivity contribution >= 4 is 27.3 Å². The highest BCUT2D eigenvalue weighted by Crippen LogP contribution is 2.17. The number of nitrogens with two attached hydrogens (primary N) is 1. The van der Waals surface area contributed by atoms with Crippen LogP contribution in [0.4, 0.5) is 0 Å². The Morgan fingerprint density at radius 2 is 2.14 bits per heavy atom. The normalized spacial score (nSPS) is 17.8. The number of nitrogens with one attached hydrogen (secondary N) is 2. The van der Waals surface area contributed by atoms with E-state index in [0.29, 0.717) is 22.8 Å². The fraction of sp³-hybridized carbons (Fsp3) is 0.615. The minimum atomic E-state index is -3.40. The van der Waals surface area contributed by atoms with Crippen LogP contribution in [0.1, 0.15) is 32.1 Å². The summed E-state index contributed by atoms with van der Waals surface area (Å²) in [5.74, 6) is 0.400. The molecule has 0 aliphatic heterocycles. The second kappa shape index (κ2) is 7.77. The molecule has 0 amide bonds. The predicted molar refractivity (Wildman–Crippen MR) is 86.0 cm³/mol. The van der Waals surface area contributed by atoms with Crippen molar-refractivity contribution in [3.05, 3.63) is 17.5 Å². The van der Waals surface area contributed by atoms with Crippen molar-refractivity contribution in [1.82, 2.24) is 10.0 Å². The second-order valence-corrected chi connectivity index (χ2v) is 8.02.